The average Bonchev–Trinajstić information content (AvgIpc) is 2.87. The molecule has 0 aromatic carbocycles. The highest BCUT2D eigenvalue weighted by molar-refractivity contribution is 5.78. The third-order valence-corrected chi connectivity index (χ3v) is 3.90. The van der Waals surface area contributed by atoms with Crippen LogP contribution in [0.25, 0.3) is 0 Å². The highest BCUT2D eigenvalue weighted by atomic mass is 16.3. The molecule has 2 N–H and O–H groups in total. The van der Waals surface area contributed by atoms with Crippen molar-refractivity contribution in [3.63, 3.8) is 0 Å². The second kappa shape index (κ2) is 7.45. The molecule has 2 atom stereocenters. The fraction of sp³-hybridized carbons (Fsp3) is 0.667. The predicted molar refractivity (Wildman–Crippen MR) is 76.2 cm³/mol. The average molecular weight is 280 g/mol. The number of furan rings is 1. The van der Waals surface area contributed by atoms with Crippen LogP contribution in [0, 0.1) is 0 Å². The Hall–Kier alpha value is -1.33. The second-order valence-electron chi connectivity index (χ2n) is 5.46. The number of aliphatic hydroxyl groups is 1. The first-order valence-electron chi connectivity index (χ1n) is 7.38. The molecular weight excluding hydrogens is 256 g/mol. The first-order chi connectivity index (χ1) is 9.70. The predicted octanol–water partition coefficient (Wildman–Crippen LogP) is 1.69. The number of hydrogen-bond acceptors (Lipinski definition) is 4. The van der Waals surface area contributed by atoms with Gasteiger partial charge in [-0.05, 0) is 38.4 Å². The number of amides is 1. The van der Waals surface area contributed by atoms with Crippen LogP contribution in [0.15, 0.2) is 22.8 Å². The summed E-state index contributed by atoms with van der Waals surface area (Å²) in [4.78, 5) is 14.2. The van der Waals surface area contributed by atoms with Crippen molar-refractivity contribution in [1.29, 1.82) is 0 Å². The lowest BCUT2D eigenvalue weighted by Gasteiger charge is -2.28. The Morgan fingerprint density at radius 2 is 2.40 bits per heavy atom. The first-order valence-corrected chi connectivity index (χ1v) is 7.38. The molecule has 20 heavy (non-hydrogen) atoms. The Balaban J connectivity index is 1.86. The standard InChI is InChI=1S/C15H24N2O3/c1-12(14-7-5-9-20-14)16-15(19)10-17-8-4-2-3-6-13(17)11-18/h5,7,9,12-13,18H,2-4,6,8,10-11H2,1H3,(H,16,19). The lowest BCUT2D eigenvalue weighted by molar-refractivity contribution is -0.123. The highest BCUT2D eigenvalue weighted by Crippen LogP contribution is 2.17. The third-order valence-electron chi connectivity index (χ3n) is 3.90. The number of aliphatic hydroxyl groups excluding tert-OH is 1. The van der Waals surface area contributed by atoms with Crippen LogP contribution in [0.4, 0.5) is 0 Å². The maximum atomic E-state index is 12.1. The van der Waals surface area contributed by atoms with Crippen molar-refractivity contribution in [3.05, 3.63) is 24.2 Å². The number of hydrogen-bond donors (Lipinski definition) is 2. The minimum atomic E-state index is -0.128. The van der Waals surface area contributed by atoms with E-state index in [1.165, 1.54) is 6.42 Å². The minimum absolute atomic E-state index is 0.0192. The monoisotopic (exact) mass is 280 g/mol. The summed E-state index contributed by atoms with van der Waals surface area (Å²) >= 11 is 0. The summed E-state index contributed by atoms with van der Waals surface area (Å²) in [7, 11) is 0. The van der Waals surface area contributed by atoms with Crippen molar-refractivity contribution in [2.45, 2.75) is 44.7 Å². The molecule has 1 saturated heterocycles. The van der Waals surface area contributed by atoms with E-state index in [4.69, 9.17) is 4.42 Å². The molecule has 0 spiro atoms. The molecule has 0 bridgehead atoms. The van der Waals surface area contributed by atoms with E-state index in [1.807, 2.05) is 19.1 Å². The first kappa shape index (κ1) is 15.1. The van der Waals surface area contributed by atoms with Gasteiger partial charge in [0.25, 0.3) is 0 Å². The number of carbonyl (C=O) groups is 1. The molecule has 1 aliphatic rings. The number of nitrogens with one attached hydrogen (secondary N) is 1. The van der Waals surface area contributed by atoms with Crippen LogP contribution in [0.1, 0.15) is 44.4 Å². The van der Waals surface area contributed by atoms with E-state index < -0.39 is 0 Å². The van der Waals surface area contributed by atoms with E-state index in [2.05, 4.69) is 10.2 Å². The van der Waals surface area contributed by atoms with Crippen LogP contribution in [0.2, 0.25) is 0 Å². The van der Waals surface area contributed by atoms with Gasteiger partial charge in [-0.15, -0.1) is 0 Å². The van der Waals surface area contributed by atoms with Crippen LogP contribution in [-0.4, -0.2) is 41.7 Å². The summed E-state index contributed by atoms with van der Waals surface area (Å²) in [6.45, 7) is 3.26. The van der Waals surface area contributed by atoms with Crippen molar-refractivity contribution in [2.24, 2.45) is 0 Å². The fourth-order valence-corrected chi connectivity index (χ4v) is 2.73. The molecule has 1 amide bonds. The van der Waals surface area contributed by atoms with Crippen LogP contribution in [0.3, 0.4) is 0 Å². The molecule has 0 saturated carbocycles. The van der Waals surface area contributed by atoms with E-state index in [1.54, 1.807) is 6.26 Å². The topological polar surface area (TPSA) is 65.7 Å². The normalized spacial score (nSPS) is 22.2. The van der Waals surface area contributed by atoms with Crippen LogP contribution < -0.4 is 5.32 Å². The lowest BCUT2D eigenvalue weighted by atomic mass is 10.1. The Labute approximate surface area is 119 Å². The molecule has 2 heterocycles. The van der Waals surface area contributed by atoms with E-state index in [0.717, 1.165) is 31.6 Å². The van der Waals surface area contributed by atoms with Crippen LogP contribution >= 0.6 is 0 Å². The number of nitrogens with zero attached hydrogens (tertiary/aromatic N) is 1. The summed E-state index contributed by atoms with van der Waals surface area (Å²) in [5.74, 6) is 0.738. The van der Waals surface area contributed by atoms with Crippen molar-refractivity contribution in [1.82, 2.24) is 10.2 Å². The molecule has 2 rings (SSSR count). The molecule has 5 heteroatoms. The summed E-state index contributed by atoms with van der Waals surface area (Å²) in [5, 5.41) is 12.4. The zero-order valence-electron chi connectivity index (χ0n) is 12.0. The molecule has 0 aliphatic carbocycles. The SMILES string of the molecule is CC(NC(=O)CN1CCCCCC1CO)c1ccco1. The van der Waals surface area contributed by atoms with Gasteiger partial charge in [-0.3, -0.25) is 9.69 Å². The Morgan fingerprint density at radius 3 is 3.10 bits per heavy atom. The molecule has 0 radical (unpaired) electrons. The largest absolute Gasteiger partial charge is 0.467 e. The number of rotatable bonds is 5. The number of carbonyl (C=O) groups excluding carboxylic acids is 1. The lowest BCUT2D eigenvalue weighted by Crippen LogP contribution is -2.44. The van der Waals surface area contributed by atoms with Gasteiger partial charge in [-0.1, -0.05) is 12.8 Å². The summed E-state index contributed by atoms with van der Waals surface area (Å²) in [5.41, 5.74) is 0. The zero-order valence-corrected chi connectivity index (χ0v) is 12.0. The molecular formula is C15H24N2O3. The quantitative estimate of drug-likeness (QED) is 0.861. The van der Waals surface area contributed by atoms with E-state index in [-0.39, 0.29) is 24.6 Å². The van der Waals surface area contributed by atoms with Gasteiger partial charge in [-0.2, -0.15) is 0 Å². The second-order valence-corrected chi connectivity index (χ2v) is 5.46. The van der Waals surface area contributed by atoms with Gasteiger partial charge < -0.3 is 14.8 Å². The highest BCUT2D eigenvalue weighted by Gasteiger charge is 2.23. The van der Waals surface area contributed by atoms with E-state index in [9.17, 15) is 9.90 Å². The van der Waals surface area contributed by atoms with Crippen molar-refractivity contribution in [3.8, 4) is 0 Å². The van der Waals surface area contributed by atoms with Crippen molar-refractivity contribution >= 4 is 5.91 Å². The summed E-state index contributed by atoms with van der Waals surface area (Å²) in [6, 6.07) is 3.65. The van der Waals surface area contributed by atoms with Crippen molar-refractivity contribution < 1.29 is 14.3 Å². The van der Waals surface area contributed by atoms with Crippen LogP contribution in [-0.2, 0) is 4.79 Å². The van der Waals surface area contributed by atoms with Gasteiger partial charge in [0.2, 0.25) is 5.91 Å². The molecule has 5 nitrogen and oxygen atoms in total. The van der Waals surface area contributed by atoms with Gasteiger partial charge in [0.15, 0.2) is 0 Å². The minimum Gasteiger partial charge on any atom is -0.467 e. The Morgan fingerprint density at radius 1 is 1.55 bits per heavy atom. The van der Waals surface area contributed by atoms with Gasteiger partial charge in [0.05, 0.1) is 25.5 Å². The molecule has 1 aliphatic heterocycles. The van der Waals surface area contributed by atoms with Gasteiger partial charge >= 0.3 is 0 Å². The molecule has 1 aromatic rings. The smallest absolute Gasteiger partial charge is 0.234 e. The van der Waals surface area contributed by atoms with Gasteiger partial charge in [-0.25, -0.2) is 0 Å². The summed E-state index contributed by atoms with van der Waals surface area (Å²) in [6.07, 6.45) is 5.98. The molecule has 2 unspecified atom stereocenters. The summed E-state index contributed by atoms with van der Waals surface area (Å²) < 4.78 is 5.28. The maximum Gasteiger partial charge on any atom is 0.234 e. The molecule has 1 fully saturated rings. The third kappa shape index (κ3) is 4.08. The van der Waals surface area contributed by atoms with Crippen molar-refractivity contribution in [2.75, 3.05) is 19.7 Å². The Kier molecular flexibility index (Phi) is 5.61. The van der Waals surface area contributed by atoms with Crippen LogP contribution in [0.5, 0.6) is 0 Å². The molecule has 1 aromatic heterocycles. The maximum absolute atomic E-state index is 12.1. The number of likely N-dealkylation sites (tertiary alicyclic amines) is 1. The van der Waals surface area contributed by atoms with Gasteiger partial charge in [0, 0.05) is 6.04 Å². The van der Waals surface area contributed by atoms with E-state index in [0.29, 0.717) is 6.54 Å². The van der Waals surface area contributed by atoms with Gasteiger partial charge in [0.1, 0.15) is 5.76 Å². The Bertz CT molecular complexity index is 405. The fourth-order valence-electron chi connectivity index (χ4n) is 2.73. The zero-order chi connectivity index (χ0) is 14.4. The van der Waals surface area contributed by atoms with E-state index >= 15 is 0 Å². The molecule has 112 valence electrons.